The highest BCUT2D eigenvalue weighted by Gasteiger charge is 2.24. The number of rotatable bonds is 4. The number of hydrogen-bond donors (Lipinski definition) is 2. The summed E-state index contributed by atoms with van der Waals surface area (Å²) < 4.78 is 0.818. The van der Waals surface area contributed by atoms with Crippen LogP contribution in [0.15, 0.2) is 30.6 Å². The van der Waals surface area contributed by atoms with E-state index in [0.717, 1.165) is 31.7 Å². The van der Waals surface area contributed by atoms with E-state index in [1.807, 2.05) is 26.0 Å². The number of thiophene rings is 1. The maximum Gasteiger partial charge on any atom is 0.146 e. The Kier molecular flexibility index (Phi) is 4.63. The molecule has 0 spiro atoms. The zero-order valence-electron chi connectivity index (χ0n) is 16.7. The largest absolute Gasteiger partial charge is 0.386 e. The third-order valence-corrected chi connectivity index (χ3v) is 5.88. The van der Waals surface area contributed by atoms with Gasteiger partial charge in [-0.2, -0.15) is 0 Å². The second kappa shape index (κ2) is 6.78. The third-order valence-electron chi connectivity index (χ3n) is 4.80. The van der Waals surface area contributed by atoms with Gasteiger partial charge in [-0.3, -0.25) is 0 Å². The van der Waals surface area contributed by atoms with Gasteiger partial charge in [0.1, 0.15) is 22.8 Å². The lowest BCUT2D eigenvalue weighted by molar-refractivity contribution is 0.0786. The quantitative estimate of drug-likeness (QED) is 0.514. The van der Waals surface area contributed by atoms with Gasteiger partial charge in [0, 0.05) is 0 Å². The second-order valence-electron chi connectivity index (χ2n) is 7.67. The molecular weight excluding hydrogens is 380 g/mol. The smallest absolute Gasteiger partial charge is 0.146 e. The zero-order chi connectivity index (χ0) is 21.0. The number of benzene rings is 1. The number of nitrogens with zero attached hydrogens (tertiary/aromatic N) is 4. The van der Waals surface area contributed by atoms with Gasteiger partial charge in [0.2, 0.25) is 0 Å². The summed E-state index contributed by atoms with van der Waals surface area (Å²) in [5.74, 6) is 1.24. The molecule has 0 amide bonds. The summed E-state index contributed by atoms with van der Waals surface area (Å²) in [6.45, 7) is 7.26. The molecule has 9 heteroatoms. The number of aromatic nitrogens is 4. The molecule has 1 aromatic carbocycles. The summed E-state index contributed by atoms with van der Waals surface area (Å²) >= 11 is 1.48. The second-order valence-corrected chi connectivity index (χ2v) is 8.67. The van der Waals surface area contributed by atoms with E-state index in [1.54, 1.807) is 26.0 Å². The Labute approximate surface area is 175 Å². The molecular formula is C20H19B2N5OS. The lowest BCUT2D eigenvalue weighted by Crippen LogP contribution is -2.36. The highest BCUT2D eigenvalue weighted by molar-refractivity contribution is 7.26. The number of hydrogen-bond acceptors (Lipinski definition) is 7. The summed E-state index contributed by atoms with van der Waals surface area (Å²) in [6, 6.07) is 7.20. The Morgan fingerprint density at radius 1 is 1.00 bits per heavy atom. The average molecular weight is 399 g/mol. The molecule has 4 radical (unpaired) electrons. The van der Waals surface area contributed by atoms with E-state index in [0.29, 0.717) is 17.2 Å². The van der Waals surface area contributed by atoms with Gasteiger partial charge in [-0.15, -0.1) is 11.3 Å². The van der Waals surface area contributed by atoms with Gasteiger partial charge in [0.25, 0.3) is 0 Å². The standard InChI is InChI=1S/C20H19B2N5OS/c1-10-14-15-16(29-18(14)26-11(2)25-10)17(24-9-23-15)27-20(21,22)13-7-5-12(6-8-13)19(3,4)28/h5-9,28H,1-4H3,(H,23,24,27). The van der Waals surface area contributed by atoms with Crippen LogP contribution in [0.3, 0.4) is 0 Å². The van der Waals surface area contributed by atoms with Crippen LogP contribution in [0, 0.1) is 13.8 Å². The molecule has 4 rings (SSSR count). The Bertz CT molecular complexity index is 1220. The minimum atomic E-state index is -1.37. The van der Waals surface area contributed by atoms with Crippen LogP contribution in [0.25, 0.3) is 20.4 Å². The number of aryl methyl sites for hydroxylation is 2. The Morgan fingerprint density at radius 2 is 1.66 bits per heavy atom. The van der Waals surface area contributed by atoms with Crippen LogP contribution < -0.4 is 5.32 Å². The van der Waals surface area contributed by atoms with E-state index in [9.17, 15) is 5.11 Å². The van der Waals surface area contributed by atoms with Crippen molar-refractivity contribution in [1.29, 1.82) is 0 Å². The van der Waals surface area contributed by atoms with Crippen molar-refractivity contribution in [2.75, 3.05) is 5.32 Å². The molecule has 0 saturated carbocycles. The fraction of sp³-hybridized carbons (Fsp3) is 0.300. The number of anilines is 1. The lowest BCUT2D eigenvalue weighted by atomic mass is 9.58. The SMILES string of the molecule is [B]C([B])(Nc1ncnc2c1sc1nc(C)nc(C)c12)c1ccc(C(C)(C)O)cc1. The highest BCUT2D eigenvalue weighted by Crippen LogP contribution is 2.37. The van der Waals surface area contributed by atoms with Crippen molar-refractivity contribution >= 4 is 53.3 Å². The van der Waals surface area contributed by atoms with E-state index in [1.165, 1.54) is 17.7 Å². The van der Waals surface area contributed by atoms with Gasteiger partial charge in [-0.05, 0) is 44.2 Å². The highest BCUT2D eigenvalue weighted by atomic mass is 32.1. The molecule has 2 N–H and O–H groups in total. The predicted octanol–water partition coefficient (Wildman–Crippen LogP) is 3.04. The van der Waals surface area contributed by atoms with Crippen molar-refractivity contribution in [1.82, 2.24) is 19.9 Å². The minimum Gasteiger partial charge on any atom is -0.386 e. The Balaban J connectivity index is 1.76. The zero-order valence-corrected chi connectivity index (χ0v) is 17.5. The fourth-order valence-corrected chi connectivity index (χ4v) is 4.45. The molecule has 4 aromatic rings. The van der Waals surface area contributed by atoms with Gasteiger partial charge < -0.3 is 10.4 Å². The summed E-state index contributed by atoms with van der Waals surface area (Å²) in [6.07, 6.45) is 1.48. The summed E-state index contributed by atoms with van der Waals surface area (Å²) in [5.41, 5.74) is 2.14. The minimum absolute atomic E-state index is 0.534. The molecule has 142 valence electrons. The Hall–Kier alpha value is -2.51. The predicted molar refractivity (Wildman–Crippen MR) is 118 cm³/mol. The van der Waals surface area contributed by atoms with Crippen LogP contribution in [-0.2, 0) is 10.9 Å². The van der Waals surface area contributed by atoms with E-state index >= 15 is 0 Å². The molecule has 0 fully saturated rings. The average Bonchev–Trinajstić information content (AvgIpc) is 3.00. The molecule has 0 atom stereocenters. The van der Waals surface area contributed by atoms with Gasteiger partial charge in [-0.1, -0.05) is 24.3 Å². The summed E-state index contributed by atoms with van der Waals surface area (Å²) in [4.78, 5) is 18.6. The van der Waals surface area contributed by atoms with E-state index in [-0.39, 0.29) is 0 Å². The van der Waals surface area contributed by atoms with Crippen molar-refractivity contribution in [3.05, 3.63) is 53.2 Å². The molecule has 29 heavy (non-hydrogen) atoms. The molecule has 0 aliphatic rings. The number of aliphatic hydroxyl groups is 1. The first kappa shape index (κ1) is 19.8. The molecule has 0 aliphatic carbocycles. The van der Waals surface area contributed by atoms with Crippen molar-refractivity contribution < 1.29 is 5.11 Å². The topological polar surface area (TPSA) is 83.8 Å². The molecule has 3 heterocycles. The normalized spacial score (nSPS) is 12.6. The van der Waals surface area contributed by atoms with Crippen LogP contribution in [-0.4, -0.2) is 40.7 Å². The summed E-state index contributed by atoms with van der Waals surface area (Å²) in [7, 11) is 12.8. The van der Waals surface area contributed by atoms with E-state index in [2.05, 4.69) is 25.3 Å². The first-order valence-corrected chi connectivity index (χ1v) is 9.96. The van der Waals surface area contributed by atoms with Crippen molar-refractivity contribution in [2.45, 2.75) is 38.6 Å². The van der Waals surface area contributed by atoms with Crippen LogP contribution >= 0.6 is 11.3 Å². The summed E-state index contributed by atoms with van der Waals surface area (Å²) in [5, 5.41) is 12.8. The first-order chi connectivity index (χ1) is 13.6. The number of nitrogens with one attached hydrogen (secondary N) is 1. The molecule has 0 saturated heterocycles. The van der Waals surface area contributed by atoms with Crippen LogP contribution in [0.4, 0.5) is 5.82 Å². The Morgan fingerprint density at radius 3 is 2.31 bits per heavy atom. The maximum atomic E-state index is 10.1. The van der Waals surface area contributed by atoms with E-state index < -0.39 is 10.9 Å². The van der Waals surface area contributed by atoms with Crippen LogP contribution in [0.2, 0.25) is 0 Å². The molecule has 0 unspecified atom stereocenters. The lowest BCUT2D eigenvalue weighted by Gasteiger charge is -2.30. The molecule has 0 bridgehead atoms. The van der Waals surface area contributed by atoms with Crippen molar-refractivity contribution in [3.8, 4) is 0 Å². The van der Waals surface area contributed by atoms with Crippen molar-refractivity contribution in [3.63, 3.8) is 0 Å². The fourth-order valence-electron chi connectivity index (χ4n) is 3.28. The number of fused-ring (bicyclic) bond motifs is 3. The monoisotopic (exact) mass is 399 g/mol. The van der Waals surface area contributed by atoms with Gasteiger partial charge in [0.05, 0.1) is 42.6 Å². The van der Waals surface area contributed by atoms with Crippen LogP contribution in [0.1, 0.15) is 36.5 Å². The first-order valence-electron chi connectivity index (χ1n) is 9.14. The third kappa shape index (κ3) is 3.60. The molecule has 0 aliphatic heterocycles. The van der Waals surface area contributed by atoms with Gasteiger partial charge >= 0.3 is 0 Å². The van der Waals surface area contributed by atoms with Crippen molar-refractivity contribution in [2.24, 2.45) is 0 Å². The molecule has 3 aromatic heterocycles. The van der Waals surface area contributed by atoms with Crippen LogP contribution in [0.5, 0.6) is 0 Å². The van der Waals surface area contributed by atoms with Gasteiger partial charge in [-0.25, -0.2) is 19.9 Å². The van der Waals surface area contributed by atoms with Gasteiger partial charge in [0.15, 0.2) is 0 Å². The molecule has 6 nitrogen and oxygen atoms in total. The van der Waals surface area contributed by atoms with E-state index in [4.69, 9.17) is 15.7 Å². The maximum absolute atomic E-state index is 10.1.